The molecule has 0 aliphatic carbocycles. The van der Waals surface area contributed by atoms with E-state index in [0.29, 0.717) is 0 Å². The number of ether oxygens (including phenoxy) is 1. The van der Waals surface area contributed by atoms with Crippen molar-refractivity contribution in [2.75, 3.05) is 7.11 Å². The van der Waals surface area contributed by atoms with Crippen molar-refractivity contribution in [3.8, 4) is 11.5 Å². The fraction of sp³-hybridized carbons (Fsp3) is 0.273. The molecule has 0 aliphatic heterocycles. The monoisotopic (exact) mass is 239 g/mol. The topological polar surface area (TPSA) is 95.9 Å². The standard InChI is InChI=1S/C11H13NO5/c1-6(11(16)17-2)12-10(15)8-5-7(13)3-4-9(8)14/h3-6,13-14H,1-2H3,(H,12,15). The van der Waals surface area contributed by atoms with Gasteiger partial charge in [0, 0.05) is 0 Å². The van der Waals surface area contributed by atoms with Crippen LogP contribution in [0.15, 0.2) is 18.2 Å². The number of phenols is 2. The molecule has 1 atom stereocenters. The van der Waals surface area contributed by atoms with Crippen LogP contribution < -0.4 is 5.32 Å². The normalized spacial score (nSPS) is 11.6. The molecule has 0 fully saturated rings. The second-order valence-corrected chi connectivity index (χ2v) is 3.42. The molecule has 1 aromatic rings. The Morgan fingerprint density at radius 1 is 1.35 bits per heavy atom. The summed E-state index contributed by atoms with van der Waals surface area (Å²) in [5.74, 6) is -1.70. The van der Waals surface area contributed by atoms with Crippen molar-refractivity contribution in [2.45, 2.75) is 13.0 Å². The number of hydrogen-bond acceptors (Lipinski definition) is 5. The van der Waals surface area contributed by atoms with Crippen molar-refractivity contribution < 1.29 is 24.5 Å². The maximum absolute atomic E-state index is 11.7. The van der Waals surface area contributed by atoms with E-state index in [0.717, 1.165) is 6.07 Å². The molecule has 1 rings (SSSR count). The minimum atomic E-state index is -0.839. The number of methoxy groups -OCH3 is 1. The lowest BCUT2D eigenvalue weighted by Gasteiger charge is -2.12. The highest BCUT2D eigenvalue weighted by Crippen LogP contribution is 2.21. The number of hydrogen-bond donors (Lipinski definition) is 3. The summed E-state index contributed by atoms with van der Waals surface area (Å²) in [7, 11) is 1.21. The molecule has 0 aromatic heterocycles. The van der Waals surface area contributed by atoms with Gasteiger partial charge < -0.3 is 20.3 Å². The van der Waals surface area contributed by atoms with Crippen molar-refractivity contribution in [2.24, 2.45) is 0 Å². The van der Waals surface area contributed by atoms with Crippen LogP contribution in [0.3, 0.4) is 0 Å². The van der Waals surface area contributed by atoms with Crippen LogP contribution in [0, 0.1) is 0 Å². The summed E-state index contributed by atoms with van der Waals surface area (Å²) in [5, 5.41) is 20.9. The van der Waals surface area contributed by atoms with Crippen LogP contribution in [0.2, 0.25) is 0 Å². The lowest BCUT2D eigenvalue weighted by molar-refractivity contribution is -0.142. The number of aromatic hydroxyl groups is 2. The van der Waals surface area contributed by atoms with Gasteiger partial charge in [0.15, 0.2) is 0 Å². The number of phenolic OH excluding ortho intramolecular Hbond substituents is 2. The van der Waals surface area contributed by atoms with Gasteiger partial charge in [-0.05, 0) is 25.1 Å². The summed E-state index contributed by atoms with van der Waals surface area (Å²) < 4.78 is 4.44. The molecule has 0 bridgehead atoms. The first kappa shape index (κ1) is 12.8. The third-order valence-electron chi connectivity index (χ3n) is 2.13. The van der Waals surface area contributed by atoms with Crippen LogP contribution in [-0.2, 0) is 9.53 Å². The fourth-order valence-electron chi connectivity index (χ4n) is 1.22. The molecule has 0 saturated carbocycles. The zero-order valence-electron chi connectivity index (χ0n) is 9.43. The zero-order chi connectivity index (χ0) is 13.0. The molecule has 3 N–H and O–H groups in total. The largest absolute Gasteiger partial charge is 0.508 e. The molecule has 0 spiro atoms. The maximum Gasteiger partial charge on any atom is 0.328 e. The summed E-state index contributed by atoms with van der Waals surface area (Å²) in [5.41, 5.74) is -0.110. The molecule has 6 nitrogen and oxygen atoms in total. The number of rotatable bonds is 3. The van der Waals surface area contributed by atoms with Crippen LogP contribution in [0.25, 0.3) is 0 Å². The van der Waals surface area contributed by atoms with Crippen molar-refractivity contribution in [3.63, 3.8) is 0 Å². The predicted molar refractivity (Wildman–Crippen MR) is 58.7 cm³/mol. The van der Waals surface area contributed by atoms with Gasteiger partial charge in [0.05, 0.1) is 12.7 Å². The number of benzene rings is 1. The fourth-order valence-corrected chi connectivity index (χ4v) is 1.22. The maximum atomic E-state index is 11.7. The molecular weight excluding hydrogens is 226 g/mol. The molecule has 0 saturated heterocycles. The SMILES string of the molecule is COC(=O)C(C)NC(=O)c1cc(O)ccc1O. The molecular formula is C11H13NO5. The third-order valence-corrected chi connectivity index (χ3v) is 2.13. The number of esters is 1. The van der Waals surface area contributed by atoms with Crippen molar-refractivity contribution in [3.05, 3.63) is 23.8 Å². The first-order chi connectivity index (χ1) is 7.95. The molecule has 0 heterocycles. The summed E-state index contributed by atoms with van der Waals surface area (Å²) >= 11 is 0. The van der Waals surface area contributed by atoms with Crippen molar-refractivity contribution in [1.82, 2.24) is 5.32 Å². The minimum Gasteiger partial charge on any atom is -0.508 e. The van der Waals surface area contributed by atoms with Gasteiger partial charge in [-0.3, -0.25) is 4.79 Å². The Hall–Kier alpha value is -2.24. The van der Waals surface area contributed by atoms with E-state index in [9.17, 15) is 19.8 Å². The Kier molecular flexibility index (Phi) is 3.92. The Morgan fingerprint density at radius 3 is 2.59 bits per heavy atom. The van der Waals surface area contributed by atoms with Gasteiger partial charge in [0.1, 0.15) is 17.5 Å². The van der Waals surface area contributed by atoms with E-state index in [1.165, 1.54) is 26.2 Å². The van der Waals surface area contributed by atoms with Gasteiger partial charge in [0.25, 0.3) is 5.91 Å². The second-order valence-electron chi connectivity index (χ2n) is 3.42. The van der Waals surface area contributed by atoms with Crippen molar-refractivity contribution >= 4 is 11.9 Å². The first-order valence-corrected chi connectivity index (χ1v) is 4.86. The molecule has 1 aromatic carbocycles. The minimum absolute atomic E-state index is 0.110. The van der Waals surface area contributed by atoms with Gasteiger partial charge in [0.2, 0.25) is 0 Å². The first-order valence-electron chi connectivity index (χ1n) is 4.86. The summed E-state index contributed by atoms with van der Waals surface area (Å²) in [6, 6.07) is 2.70. The number of carbonyl (C=O) groups is 2. The summed E-state index contributed by atoms with van der Waals surface area (Å²) in [4.78, 5) is 22.7. The highest BCUT2D eigenvalue weighted by molar-refractivity contribution is 5.99. The molecule has 1 unspecified atom stereocenters. The second kappa shape index (κ2) is 5.20. The van der Waals surface area contributed by atoms with Crippen LogP contribution >= 0.6 is 0 Å². The lowest BCUT2D eigenvalue weighted by atomic mass is 10.1. The Labute approximate surface area is 97.8 Å². The average molecular weight is 239 g/mol. The smallest absolute Gasteiger partial charge is 0.328 e. The van der Waals surface area contributed by atoms with Crippen LogP contribution in [0.4, 0.5) is 0 Å². The van der Waals surface area contributed by atoms with E-state index in [-0.39, 0.29) is 17.1 Å². The van der Waals surface area contributed by atoms with E-state index >= 15 is 0 Å². The highest BCUT2D eigenvalue weighted by Gasteiger charge is 2.19. The van der Waals surface area contributed by atoms with E-state index in [4.69, 9.17) is 0 Å². The predicted octanol–water partition coefficient (Wildman–Crippen LogP) is 0.389. The lowest BCUT2D eigenvalue weighted by Crippen LogP contribution is -2.39. The van der Waals surface area contributed by atoms with Gasteiger partial charge in [-0.1, -0.05) is 0 Å². The molecule has 6 heteroatoms. The molecule has 17 heavy (non-hydrogen) atoms. The van der Waals surface area contributed by atoms with E-state index in [1.54, 1.807) is 0 Å². The summed E-state index contributed by atoms with van der Waals surface area (Å²) in [6.45, 7) is 1.45. The van der Waals surface area contributed by atoms with Crippen LogP contribution in [-0.4, -0.2) is 35.2 Å². The van der Waals surface area contributed by atoms with Crippen LogP contribution in [0.5, 0.6) is 11.5 Å². The van der Waals surface area contributed by atoms with Gasteiger partial charge in [-0.2, -0.15) is 0 Å². The Balaban J connectivity index is 2.83. The average Bonchev–Trinajstić information content (AvgIpc) is 2.30. The highest BCUT2D eigenvalue weighted by atomic mass is 16.5. The number of nitrogens with one attached hydrogen (secondary N) is 1. The molecule has 1 amide bonds. The van der Waals surface area contributed by atoms with E-state index < -0.39 is 17.9 Å². The molecule has 0 radical (unpaired) electrons. The number of carbonyl (C=O) groups excluding carboxylic acids is 2. The summed E-state index contributed by atoms with van der Waals surface area (Å²) in [6.07, 6.45) is 0. The van der Waals surface area contributed by atoms with Gasteiger partial charge in [-0.15, -0.1) is 0 Å². The molecule has 0 aliphatic rings. The van der Waals surface area contributed by atoms with Crippen LogP contribution in [0.1, 0.15) is 17.3 Å². The zero-order valence-corrected chi connectivity index (χ0v) is 9.43. The Bertz CT molecular complexity index is 443. The number of amides is 1. The molecule has 92 valence electrons. The third kappa shape index (κ3) is 3.10. The Morgan fingerprint density at radius 2 is 2.00 bits per heavy atom. The van der Waals surface area contributed by atoms with E-state index in [2.05, 4.69) is 10.1 Å². The van der Waals surface area contributed by atoms with E-state index in [1.807, 2.05) is 0 Å². The quantitative estimate of drug-likeness (QED) is 0.523. The van der Waals surface area contributed by atoms with Gasteiger partial charge in [-0.25, -0.2) is 4.79 Å². The van der Waals surface area contributed by atoms with Crippen molar-refractivity contribution in [1.29, 1.82) is 0 Å². The van der Waals surface area contributed by atoms with Gasteiger partial charge >= 0.3 is 5.97 Å².